The highest BCUT2D eigenvalue weighted by Crippen LogP contribution is 2.63. The molecule has 2 aromatic heterocycles. The summed E-state index contributed by atoms with van der Waals surface area (Å²) in [5, 5.41) is 4.04. The Morgan fingerprint density at radius 2 is 1.86 bits per heavy atom. The minimum atomic E-state index is -2.97. The van der Waals surface area contributed by atoms with Crippen molar-refractivity contribution in [1.82, 2.24) is 14.5 Å². The fraction of sp³-hybridized carbons (Fsp3) is 0.667. The number of hydrogen-bond acceptors (Lipinski definition) is 6. The quantitative estimate of drug-likeness (QED) is 0.823. The number of rotatable bonds is 4. The van der Waals surface area contributed by atoms with Gasteiger partial charge in [0.2, 0.25) is 5.95 Å². The Bertz CT molecular complexity index is 1100. The lowest BCUT2D eigenvalue weighted by atomic mass is 9.95. The van der Waals surface area contributed by atoms with Crippen molar-refractivity contribution in [3.05, 3.63) is 28.7 Å². The third kappa shape index (κ3) is 3.45. The molecule has 3 saturated carbocycles. The van der Waals surface area contributed by atoms with Crippen molar-refractivity contribution in [2.75, 3.05) is 11.6 Å². The van der Waals surface area contributed by atoms with Crippen LogP contribution in [0.1, 0.15) is 63.8 Å². The summed E-state index contributed by atoms with van der Waals surface area (Å²) in [4.78, 5) is 22.0. The molecule has 0 aliphatic heterocycles. The lowest BCUT2D eigenvalue weighted by molar-refractivity contribution is 0.358. The maximum absolute atomic E-state index is 12.8. The summed E-state index contributed by atoms with van der Waals surface area (Å²) in [6.45, 7) is 0. The van der Waals surface area contributed by atoms with Crippen LogP contribution in [0.25, 0.3) is 11.0 Å². The van der Waals surface area contributed by atoms with Gasteiger partial charge in [-0.25, -0.2) is 13.4 Å². The van der Waals surface area contributed by atoms with E-state index >= 15 is 0 Å². The zero-order valence-corrected chi connectivity index (χ0v) is 17.6. The van der Waals surface area contributed by atoms with E-state index in [1.54, 1.807) is 12.3 Å². The SMILES string of the molecule is CS(=O)(=O)[C@H]1CC[C@H](Nc2ncc3ccc(=O)n([C@H]4CCCC45CC5)c3n2)CC1. The first-order chi connectivity index (χ1) is 13.9. The topological polar surface area (TPSA) is 94.0 Å². The number of anilines is 1. The number of hydrogen-bond donors (Lipinski definition) is 1. The second kappa shape index (κ2) is 6.79. The van der Waals surface area contributed by atoms with E-state index in [4.69, 9.17) is 4.98 Å². The highest BCUT2D eigenvalue weighted by molar-refractivity contribution is 7.91. The largest absolute Gasteiger partial charge is 0.351 e. The van der Waals surface area contributed by atoms with E-state index in [0.717, 1.165) is 30.3 Å². The second-order valence-corrected chi connectivity index (χ2v) is 11.6. The first kappa shape index (κ1) is 19.0. The lowest BCUT2D eigenvalue weighted by Crippen LogP contribution is -2.33. The number of nitrogens with zero attached hydrogens (tertiary/aromatic N) is 3. The van der Waals surface area contributed by atoms with Crippen molar-refractivity contribution in [2.45, 2.75) is 75.1 Å². The van der Waals surface area contributed by atoms with Crippen molar-refractivity contribution in [1.29, 1.82) is 0 Å². The summed E-state index contributed by atoms with van der Waals surface area (Å²) < 4.78 is 25.5. The summed E-state index contributed by atoms with van der Waals surface area (Å²) >= 11 is 0. The van der Waals surface area contributed by atoms with Crippen molar-refractivity contribution in [3.8, 4) is 0 Å². The number of nitrogens with one attached hydrogen (secondary N) is 1. The first-order valence-electron chi connectivity index (χ1n) is 10.7. The molecule has 5 rings (SSSR count). The predicted octanol–water partition coefficient (Wildman–Crippen LogP) is 3.06. The molecule has 0 aromatic carbocycles. The van der Waals surface area contributed by atoms with Gasteiger partial charge < -0.3 is 5.32 Å². The van der Waals surface area contributed by atoms with Crippen molar-refractivity contribution >= 4 is 26.8 Å². The van der Waals surface area contributed by atoms with E-state index in [2.05, 4.69) is 10.3 Å². The second-order valence-electron chi connectivity index (χ2n) is 9.23. The standard InChI is InChI=1S/C21H28N4O3S/c1-29(27,28)16-7-5-15(6-8-16)23-20-22-13-14-4-9-18(26)25(19(14)24-20)17-3-2-10-21(17)11-12-21/h4,9,13,15-17H,2-3,5-8,10-12H2,1H3,(H,22,23,24)/t15-,16-,17-/m0/s1. The van der Waals surface area contributed by atoms with Crippen LogP contribution >= 0.6 is 0 Å². The molecule has 1 atom stereocenters. The Labute approximate surface area is 170 Å². The summed E-state index contributed by atoms with van der Waals surface area (Å²) in [5.41, 5.74) is 1.05. The molecule has 0 unspecified atom stereocenters. The van der Waals surface area contributed by atoms with E-state index < -0.39 is 9.84 Å². The van der Waals surface area contributed by atoms with Crippen molar-refractivity contribution < 1.29 is 8.42 Å². The maximum atomic E-state index is 12.8. The Balaban J connectivity index is 1.42. The van der Waals surface area contributed by atoms with Gasteiger partial charge in [0.05, 0.1) is 5.25 Å². The van der Waals surface area contributed by atoms with E-state index in [0.29, 0.717) is 24.2 Å². The van der Waals surface area contributed by atoms with Crippen LogP contribution in [0.4, 0.5) is 5.95 Å². The number of pyridine rings is 1. The number of sulfone groups is 1. The molecular weight excluding hydrogens is 388 g/mol. The maximum Gasteiger partial charge on any atom is 0.252 e. The molecule has 3 fully saturated rings. The van der Waals surface area contributed by atoms with Crippen LogP contribution in [0.5, 0.6) is 0 Å². The summed E-state index contributed by atoms with van der Waals surface area (Å²) in [6, 6.07) is 3.85. The molecule has 0 amide bonds. The Hall–Kier alpha value is -1.96. The van der Waals surface area contributed by atoms with Crippen LogP contribution in [-0.2, 0) is 9.84 Å². The van der Waals surface area contributed by atoms with Crippen LogP contribution in [0.15, 0.2) is 23.1 Å². The van der Waals surface area contributed by atoms with Gasteiger partial charge in [-0.05, 0) is 62.8 Å². The Kier molecular flexibility index (Phi) is 4.46. The highest BCUT2D eigenvalue weighted by Gasteiger charge is 2.53. The minimum absolute atomic E-state index is 0.0222. The summed E-state index contributed by atoms with van der Waals surface area (Å²) in [5.74, 6) is 0.530. The molecule has 3 aliphatic rings. The first-order valence-corrected chi connectivity index (χ1v) is 12.6. The van der Waals surface area contributed by atoms with Gasteiger partial charge in [-0.3, -0.25) is 9.36 Å². The molecule has 156 valence electrons. The molecule has 2 heterocycles. The van der Waals surface area contributed by atoms with Crippen molar-refractivity contribution in [3.63, 3.8) is 0 Å². The predicted molar refractivity (Wildman–Crippen MR) is 113 cm³/mol. The van der Waals surface area contributed by atoms with Gasteiger partial charge in [0.15, 0.2) is 0 Å². The molecule has 29 heavy (non-hydrogen) atoms. The van der Waals surface area contributed by atoms with Gasteiger partial charge in [0.25, 0.3) is 5.56 Å². The van der Waals surface area contributed by atoms with Gasteiger partial charge in [0.1, 0.15) is 15.5 Å². The van der Waals surface area contributed by atoms with Crippen LogP contribution in [0.3, 0.4) is 0 Å². The van der Waals surface area contributed by atoms with Crippen LogP contribution in [0, 0.1) is 5.41 Å². The van der Waals surface area contributed by atoms with E-state index in [1.165, 1.54) is 31.9 Å². The molecule has 3 aliphatic carbocycles. The molecule has 0 saturated heterocycles. The fourth-order valence-corrected chi connectivity index (χ4v) is 6.62. The van der Waals surface area contributed by atoms with Gasteiger partial charge in [-0.15, -0.1) is 0 Å². The number of aromatic nitrogens is 3. The van der Waals surface area contributed by atoms with Gasteiger partial charge in [-0.2, -0.15) is 4.98 Å². The Morgan fingerprint density at radius 3 is 2.55 bits per heavy atom. The molecule has 0 bridgehead atoms. The smallest absolute Gasteiger partial charge is 0.252 e. The lowest BCUT2D eigenvalue weighted by Gasteiger charge is -2.28. The normalized spacial score (nSPS) is 28.7. The monoisotopic (exact) mass is 416 g/mol. The van der Waals surface area contributed by atoms with E-state index in [9.17, 15) is 13.2 Å². The molecule has 0 radical (unpaired) electrons. The van der Waals surface area contributed by atoms with Crippen LogP contribution in [-0.4, -0.2) is 40.5 Å². The minimum Gasteiger partial charge on any atom is -0.351 e. The molecule has 1 spiro atoms. The van der Waals surface area contributed by atoms with Gasteiger partial charge in [0, 0.05) is 36.0 Å². The number of fused-ring (bicyclic) bond motifs is 1. The molecule has 1 N–H and O–H groups in total. The summed E-state index contributed by atoms with van der Waals surface area (Å²) in [6.07, 6.45) is 11.9. The summed E-state index contributed by atoms with van der Waals surface area (Å²) in [7, 11) is -2.97. The van der Waals surface area contributed by atoms with E-state index in [1.807, 2.05) is 10.6 Å². The third-order valence-electron chi connectivity index (χ3n) is 7.34. The fourth-order valence-electron chi connectivity index (χ4n) is 5.49. The van der Waals surface area contributed by atoms with Crippen LogP contribution < -0.4 is 10.9 Å². The zero-order valence-electron chi connectivity index (χ0n) is 16.8. The zero-order chi connectivity index (χ0) is 20.2. The third-order valence-corrected chi connectivity index (χ3v) is 9.03. The van der Waals surface area contributed by atoms with Crippen molar-refractivity contribution in [2.24, 2.45) is 5.41 Å². The van der Waals surface area contributed by atoms with Crippen LogP contribution in [0.2, 0.25) is 0 Å². The molecule has 2 aromatic rings. The van der Waals surface area contributed by atoms with Gasteiger partial charge >= 0.3 is 0 Å². The van der Waals surface area contributed by atoms with Gasteiger partial charge in [-0.1, -0.05) is 6.42 Å². The van der Waals surface area contributed by atoms with E-state index in [-0.39, 0.29) is 22.9 Å². The highest BCUT2D eigenvalue weighted by atomic mass is 32.2. The Morgan fingerprint density at radius 1 is 1.10 bits per heavy atom. The average Bonchev–Trinajstić information content (AvgIpc) is 3.35. The molecule has 7 nitrogen and oxygen atoms in total. The molecule has 8 heteroatoms. The molecular formula is C21H28N4O3S. The average molecular weight is 417 g/mol.